The second-order valence-corrected chi connectivity index (χ2v) is 29.4. The summed E-state index contributed by atoms with van der Waals surface area (Å²) in [4.78, 5) is 72.7. The highest BCUT2D eigenvalue weighted by molar-refractivity contribution is 7.47. The van der Waals surface area contributed by atoms with Gasteiger partial charge < -0.3 is 33.8 Å². The van der Waals surface area contributed by atoms with Gasteiger partial charge in [0.25, 0.3) is 0 Å². The van der Waals surface area contributed by atoms with Crippen molar-refractivity contribution in [3.8, 4) is 0 Å². The van der Waals surface area contributed by atoms with Crippen molar-refractivity contribution in [2.45, 2.75) is 387 Å². The maximum atomic E-state index is 13.0. The molecule has 0 aliphatic rings. The molecule has 0 rings (SSSR count). The van der Waals surface area contributed by atoms with Gasteiger partial charge in [-0.15, -0.1) is 0 Å². The van der Waals surface area contributed by atoms with Crippen molar-refractivity contribution in [2.75, 3.05) is 39.6 Å². The van der Waals surface area contributed by atoms with Crippen LogP contribution in [-0.2, 0) is 65.4 Å². The lowest BCUT2D eigenvalue weighted by atomic mass is 9.99. The van der Waals surface area contributed by atoms with E-state index in [1.54, 1.807) is 0 Å². The molecule has 0 aromatic carbocycles. The molecule has 19 heteroatoms. The topological polar surface area (TPSA) is 237 Å². The maximum absolute atomic E-state index is 13.0. The molecule has 0 amide bonds. The largest absolute Gasteiger partial charge is 0.472 e. The number of unbranched alkanes of at least 4 members (excludes halogenated alkanes) is 39. The molecule has 0 aromatic rings. The molecule has 0 saturated heterocycles. The van der Waals surface area contributed by atoms with Gasteiger partial charge >= 0.3 is 39.5 Å². The van der Waals surface area contributed by atoms with E-state index >= 15 is 0 Å². The minimum Gasteiger partial charge on any atom is -0.462 e. The summed E-state index contributed by atoms with van der Waals surface area (Å²) < 4.78 is 68.4. The standard InChI is InChI=1S/C72H140O17P2/c1-7-11-13-15-17-19-21-23-32-38-44-50-56-71(76)88-67(60-82-69(74)54-48-42-36-30-22-20-18-16-14-12-8-2)62-86-90(78,79)84-58-66(73)59-85-91(80,81)87-63-68(89-72(77)57-51-45-39-33-27-25-29-35-41-47-53-65(6)10-4)61-83-70(75)55-49-43-37-31-26-24-28-34-40-46-52-64(5)9-3/h64-68,73H,7-63H2,1-6H3,(H,78,79)(H,80,81)/t64?,65?,66-,67+,68+/m0/s1. The summed E-state index contributed by atoms with van der Waals surface area (Å²) in [7, 11) is -9.90. The first-order valence-electron chi connectivity index (χ1n) is 37.6. The molecule has 4 unspecified atom stereocenters. The van der Waals surface area contributed by atoms with E-state index in [2.05, 4.69) is 41.5 Å². The van der Waals surface area contributed by atoms with E-state index in [-0.39, 0.29) is 25.7 Å². The van der Waals surface area contributed by atoms with Crippen LogP contribution in [0.2, 0.25) is 0 Å². The fraction of sp³-hybridized carbons (Fsp3) is 0.944. The monoisotopic (exact) mass is 1340 g/mol. The molecule has 0 aromatic heterocycles. The van der Waals surface area contributed by atoms with Crippen LogP contribution in [0.15, 0.2) is 0 Å². The Bertz CT molecular complexity index is 1770. The van der Waals surface area contributed by atoms with E-state index < -0.39 is 97.5 Å². The fourth-order valence-corrected chi connectivity index (χ4v) is 12.5. The predicted molar refractivity (Wildman–Crippen MR) is 368 cm³/mol. The highest BCUT2D eigenvalue weighted by Gasteiger charge is 2.30. The third-order valence-electron chi connectivity index (χ3n) is 17.4. The van der Waals surface area contributed by atoms with Gasteiger partial charge in [-0.25, -0.2) is 9.13 Å². The Balaban J connectivity index is 5.27. The molecule has 7 atom stereocenters. The average molecular weight is 1340 g/mol. The molecule has 0 saturated carbocycles. The van der Waals surface area contributed by atoms with Crippen molar-refractivity contribution >= 4 is 39.5 Å². The van der Waals surface area contributed by atoms with E-state index in [0.29, 0.717) is 25.7 Å². The minimum atomic E-state index is -4.95. The Morgan fingerprint density at radius 3 is 0.780 bits per heavy atom. The number of rotatable bonds is 71. The van der Waals surface area contributed by atoms with E-state index in [1.807, 2.05) is 0 Å². The summed E-state index contributed by atoms with van der Waals surface area (Å²) in [6.45, 7) is 9.62. The first kappa shape index (κ1) is 89.1. The second kappa shape index (κ2) is 64.1. The highest BCUT2D eigenvalue weighted by atomic mass is 31.2. The number of esters is 4. The third-order valence-corrected chi connectivity index (χ3v) is 19.3. The molecule has 0 aliphatic heterocycles. The van der Waals surface area contributed by atoms with Gasteiger partial charge in [0.05, 0.1) is 26.4 Å². The summed E-state index contributed by atoms with van der Waals surface area (Å²) in [5.74, 6) is -0.507. The molecular formula is C72H140O17P2. The van der Waals surface area contributed by atoms with Crippen molar-refractivity contribution in [1.82, 2.24) is 0 Å². The van der Waals surface area contributed by atoms with Crippen LogP contribution in [0.3, 0.4) is 0 Å². The zero-order valence-electron chi connectivity index (χ0n) is 59.1. The molecule has 0 radical (unpaired) electrons. The third kappa shape index (κ3) is 63.9. The number of aliphatic hydroxyl groups excluding tert-OH is 1. The average Bonchev–Trinajstić information content (AvgIpc) is 3.65. The molecule has 91 heavy (non-hydrogen) atoms. The molecule has 0 heterocycles. The van der Waals surface area contributed by atoms with Crippen LogP contribution in [0.25, 0.3) is 0 Å². The van der Waals surface area contributed by atoms with E-state index in [4.69, 9.17) is 37.0 Å². The summed E-state index contributed by atoms with van der Waals surface area (Å²) in [5, 5.41) is 10.6. The zero-order valence-corrected chi connectivity index (χ0v) is 60.9. The molecule has 0 bridgehead atoms. The van der Waals surface area contributed by atoms with Gasteiger partial charge in [0.1, 0.15) is 19.3 Å². The molecule has 3 N–H and O–H groups in total. The fourth-order valence-electron chi connectivity index (χ4n) is 10.9. The molecule has 0 aliphatic carbocycles. The van der Waals surface area contributed by atoms with Crippen molar-refractivity contribution in [3.05, 3.63) is 0 Å². The van der Waals surface area contributed by atoms with Gasteiger partial charge in [-0.1, -0.05) is 318 Å². The first-order chi connectivity index (χ1) is 43.9. The van der Waals surface area contributed by atoms with Crippen LogP contribution in [0.5, 0.6) is 0 Å². The number of carbonyl (C=O) groups excluding carboxylic acids is 4. The van der Waals surface area contributed by atoms with Crippen molar-refractivity contribution < 1.29 is 80.2 Å². The zero-order chi connectivity index (χ0) is 67.2. The number of phosphoric ester groups is 2. The number of carbonyl (C=O) groups is 4. The van der Waals surface area contributed by atoms with Gasteiger partial charge in [0, 0.05) is 25.7 Å². The Hall–Kier alpha value is -1.94. The second-order valence-electron chi connectivity index (χ2n) is 26.5. The number of aliphatic hydroxyl groups is 1. The van der Waals surface area contributed by atoms with E-state index in [1.165, 1.54) is 186 Å². The van der Waals surface area contributed by atoms with Crippen LogP contribution in [-0.4, -0.2) is 96.7 Å². The van der Waals surface area contributed by atoms with Gasteiger partial charge in [0.2, 0.25) is 0 Å². The van der Waals surface area contributed by atoms with Crippen LogP contribution in [0.4, 0.5) is 0 Å². The lowest BCUT2D eigenvalue weighted by Gasteiger charge is -2.21. The van der Waals surface area contributed by atoms with Crippen LogP contribution < -0.4 is 0 Å². The number of hydrogen-bond acceptors (Lipinski definition) is 15. The number of hydrogen-bond donors (Lipinski definition) is 3. The lowest BCUT2D eigenvalue weighted by Crippen LogP contribution is -2.30. The van der Waals surface area contributed by atoms with Gasteiger partial charge in [0.15, 0.2) is 12.2 Å². The summed E-state index contributed by atoms with van der Waals surface area (Å²) in [6, 6.07) is 0. The van der Waals surface area contributed by atoms with Crippen molar-refractivity contribution in [2.24, 2.45) is 11.8 Å². The Morgan fingerprint density at radius 1 is 0.308 bits per heavy atom. The van der Waals surface area contributed by atoms with E-state index in [9.17, 15) is 43.2 Å². The molecular weight excluding hydrogens is 1200 g/mol. The Kier molecular flexibility index (Phi) is 62.7. The summed E-state index contributed by atoms with van der Waals surface area (Å²) in [5.41, 5.74) is 0. The van der Waals surface area contributed by atoms with Crippen LogP contribution >= 0.6 is 15.6 Å². The Morgan fingerprint density at radius 2 is 0.527 bits per heavy atom. The molecule has 0 spiro atoms. The van der Waals surface area contributed by atoms with Gasteiger partial charge in [-0.05, 0) is 37.5 Å². The van der Waals surface area contributed by atoms with Crippen molar-refractivity contribution in [1.29, 1.82) is 0 Å². The normalized spacial score (nSPS) is 14.7. The first-order valence-corrected chi connectivity index (χ1v) is 40.6. The lowest BCUT2D eigenvalue weighted by molar-refractivity contribution is -0.161. The van der Waals surface area contributed by atoms with Crippen LogP contribution in [0.1, 0.15) is 369 Å². The predicted octanol–water partition coefficient (Wildman–Crippen LogP) is 20.8. The molecule has 17 nitrogen and oxygen atoms in total. The minimum absolute atomic E-state index is 0.106. The smallest absolute Gasteiger partial charge is 0.462 e. The Labute approximate surface area is 556 Å². The summed E-state index contributed by atoms with van der Waals surface area (Å²) >= 11 is 0. The SMILES string of the molecule is CCCCCCCCCCCCCCC(=O)O[C@H](COC(=O)CCCCCCCCCCCCC)COP(=O)(O)OC[C@H](O)COP(=O)(O)OC[C@@H](COC(=O)CCCCCCCCCCCCC(C)CC)OC(=O)CCCCCCCCCCCCC(C)CC. The number of ether oxygens (including phenoxy) is 4. The molecule has 540 valence electrons. The highest BCUT2D eigenvalue weighted by Crippen LogP contribution is 2.45. The number of phosphoric acid groups is 2. The quantitative estimate of drug-likeness (QED) is 0.0222. The van der Waals surface area contributed by atoms with Gasteiger partial charge in [-0.2, -0.15) is 0 Å². The van der Waals surface area contributed by atoms with Crippen LogP contribution in [0, 0.1) is 11.8 Å². The van der Waals surface area contributed by atoms with Crippen molar-refractivity contribution in [3.63, 3.8) is 0 Å². The van der Waals surface area contributed by atoms with E-state index in [0.717, 1.165) is 102 Å². The summed E-state index contributed by atoms with van der Waals surface area (Å²) in [6.07, 6.45) is 49.6. The van der Waals surface area contributed by atoms with Gasteiger partial charge in [-0.3, -0.25) is 37.3 Å². The molecule has 0 fully saturated rings. The maximum Gasteiger partial charge on any atom is 0.472 e.